The smallest absolute Gasteiger partial charge is 0.304 e. The minimum atomic E-state index is -0.801. The number of rotatable bonds is 7. The largest absolute Gasteiger partial charge is 0.493 e. The van der Waals surface area contributed by atoms with Crippen LogP contribution in [0.4, 0.5) is 11.5 Å². The van der Waals surface area contributed by atoms with Gasteiger partial charge in [0.15, 0.2) is 0 Å². The molecule has 2 aliphatic heterocycles. The second-order valence-corrected chi connectivity index (χ2v) is 9.72. The molecule has 7 nitrogen and oxygen atoms in total. The van der Waals surface area contributed by atoms with Crippen LogP contribution >= 0.6 is 0 Å². The van der Waals surface area contributed by atoms with E-state index in [9.17, 15) is 4.79 Å². The van der Waals surface area contributed by atoms with Gasteiger partial charge in [0.2, 0.25) is 0 Å². The number of morpholine rings is 1. The summed E-state index contributed by atoms with van der Waals surface area (Å²) in [7, 11) is 0. The van der Waals surface area contributed by atoms with Gasteiger partial charge >= 0.3 is 5.97 Å². The molecule has 0 aliphatic carbocycles. The van der Waals surface area contributed by atoms with Crippen LogP contribution in [0.2, 0.25) is 0 Å². The number of nitrogens with zero attached hydrogens (tertiary/aromatic N) is 2. The molecule has 0 radical (unpaired) electrons. The van der Waals surface area contributed by atoms with Crippen LogP contribution in [0.3, 0.4) is 0 Å². The fraction of sp³-hybridized carbons (Fsp3) is 0.379. The van der Waals surface area contributed by atoms with E-state index < -0.39 is 5.97 Å². The highest BCUT2D eigenvalue weighted by Gasteiger charge is 2.26. The lowest BCUT2D eigenvalue weighted by Crippen LogP contribution is -2.37. The number of nitrogens with one attached hydrogen (secondary N) is 1. The Morgan fingerprint density at radius 1 is 1.11 bits per heavy atom. The van der Waals surface area contributed by atoms with Gasteiger partial charge in [0.1, 0.15) is 11.6 Å². The Labute approximate surface area is 212 Å². The molecule has 1 saturated heterocycles. The predicted molar refractivity (Wildman–Crippen MR) is 141 cm³/mol. The van der Waals surface area contributed by atoms with Crippen LogP contribution in [-0.4, -0.2) is 49.0 Å². The lowest BCUT2D eigenvalue weighted by Gasteiger charge is -2.29. The van der Waals surface area contributed by atoms with Gasteiger partial charge in [0.25, 0.3) is 0 Å². The van der Waals surface area contributed by atoms with Gasteiger partial charge in [-0.25, -0.2) is 4.98 Å². The van der Waals surface area contributed by atoms with Crippen LogP contribution < -0.4 is 15.0 Å². The zero-order chi connectivity index (χ0) is 25.2. The van der Waals surface area contributed by atoms with E-state index in [1.165, 1.54) is 27.8 Å². The summed E-state index contributed by atoms with van der Waals surface area (Å²) in [5.74, 6) is 0.930. The predicted octanol–water partition coefficient (Wildman–Crippen LogP) is 5.07. The van der Waals surface area contributed by atoms with Gasteiger partial charge in [-0.1, -0.05) is 18.2 Å². The second-order valence-electron chi connectivity index (χ2n) is 9.72. The summed E-state index contributed by atoms with van der Waals surface area (Å²) < 4.78 is 11.3. The van der Waals surface area contributed by atoms with Crippen molar-refractivity contribution in [3.63, 3.8) is 0 Å². The number of carboxylic acids is 1. The van der Waals surface area contributed by atoms with E-state index in [0.29, 0.717) is 13.2 Å². The molecule has 3 heterocycles. The summed E-state index contributed by atoms with van der Waals surface area (Å²) in [6, 6.07) is 12.6. The van der Waals surface area contributed by atoms with Gasteiger partial charge in [-0.2, -0.15) is 0 Å². The number of hydrogen-bond donors (Lipinski definition) is 2. The van der Waals surface area contributed by atoms with E-state index in [2.05, 4.69) is 49.2 Å². The summed E-state index contributed by atoms with van der Waals surface area (Å²) >= 11 is 0. The monoisotopic (exact) mass is 487 g/mol. The van der Waals surface area contributed by atoms with Gasteiger partial charge in [-0.3, -0.25) is 4.79 Å². The summed E-state index contributed by atoms with van der Waals surface area (Å²) in [5, 5.41) is 12.6. The minimum absolute atomic E-state index is 0.0832. The van der Waals surface area contributed by atoms with E-state index >= 15 is 0 Å². The van der Waals surface area contributed by atoms with Crippen molar-refractivity contribution in [1.29, 1.82) is 0 Å². The lowest BCUT2D eigenvalue weighted by molar-refractivity contribution is -0.137. The molecule has 2 aromatic carbocycles. The molecule has 0 unspecified atom stereocenters. The maximum absolute atomic E-state index is 11.1. The minimum Gasteiger partial charge on any atom is -0.493 e. The fourth-order valence-electron chi connectivity index (χ4n) is 5.30. The molecule has 0 bridgehead atoms. The molecule has 3 aromatic rings. The number of carbonyl (C=O) groups is 1. The zero-order valence-electron chi connectivity index (χ0n) is 21.1. The maximum atomic E-state index is 11.1. The topological polar surface area (TPSA) is 83.9 Å². The van der Waals surface area contributed by atoms with Crippen LogP contribution in [0.5, 0.6) is 5.75 Å². The highest BCUT2D eigenvalue weighted by atomic mass is 16.5. The van der Waals surface area contributed by atoms with E-state index in [-0.39, 0.29) is 12.3 Å². The van der Waals surface area contributed by atoms with Gasteiger partial charge in [-0.15, -0.1) is 0 Å². The summed E-state index contributed by atoms with van der Waals surface area (Å²) in [6.07, 6.45) is 2.09. The Morgan fingerprint density at radius 3 is 2.67 bits per heavy atom. The van der Waals surface area contributed by atoms with E-state index in [1.807, 2.05) is 24.4 Å². The van der Waals surface area contributed by atoms with Crippen molar-refractivity contribution >= 4 is 17.5 Å². The van der Waals surface area contributed by atoms with Gasteiger partial charge in [0, 0.05) is 54.6 Å². The first-order valence-electron chi connectivity index (χ1n) is 12.5. The molecule has 5 rings (SSSR count). The van der Waals surface area contributed by atoms with Crippen LogP contribution in [0.15, 0.2) is 42.6 Å². The van der Waals surface area contributed by atoms with E-state index in [4.69, 9.17) is 19.6 Å². The molecule has 1 atom stereocenters. The van der Waals surface area contributed by atoms with Crippen molar-refractivity contribution in [3.8, 4) is 16.9 Å². The number of pyridine rings is 1. The maximum Gasteiger partial charge on any atom is 0.304 e. The van der Waals surface area contributed by atoms with Crippen LogP contribution in [0.1, 0.15) is 40.2 Å². The molecular weight excluding hydrogens is 454 g/mol. The first kappa shape index (κ1) is 24.1. The SMILES string of the molecule is Cc1cc(-c2c(C)ccc(CNc3ccc4c(c3)OC[C@H]4CC(=O)O)c2C)cnc1N1CCOCC1. The van der Waals surface area contributed by atoms with Crippen LogP contribution in [0.25, 0.3) is 11.1 Å². The first-order chi connectivity index (χ1) is 17.4. The Kier molecular flexibility index (Phi) is 6.83. The number of aromatic nitrogens is 1. The number of aliphatic carboxylic acids is 1. The van der Waals surface area contributed by atoms with Gasteiger partial charge in [0.05, 0.1) is 26.2 Å². The Morgan fingerprint density at radius 2 is 1.92 bits per heavy atom. The summed E-state index contributed by atoms with van der Waals surface area (Å²) in [6.45, 7) is 10.8. The highest BCUT2D eigenvalue weighted by molar-refractivity contribution is 5.74. The highest BCUT2D eigenvalue weighted by Crippen LogP contribution is 2.38. The molecule has 0 saturated carbocycles. The summed E-state index contributed by atoms with van der Waals surface area (Å²) in [5.41, 5.74) is 9.16. The van der Waals surface area contributed by atoms with Crippen molar-refractivity contribution in [3.05, 3.63) is 70.4 Å². The number of aryl methyl sites for hydroxylation is 2. The molecule has 0 spiro atoms. The van der Waals surface area contributed by atoms with Crippen LogP contribution in [-0.2, 0) is 16.1 Å². The standard InChI is InChI=1S/C29H33N3O4/c1-18-4-5-21(15-30-24-6-7-25-23(13-27(33)34)17-36-26(25)14-24)20(3)28(18)22-12-19(2)29(31-16-22)32-8-10-35-11-9-32/h4-7,12,14,16,23,30H,8-11,13,15,17H2,1-3H3,(H,33,34)/t23-/m1/s1. The molecule has 188 valence electrons. The Hall–Kier alpha value is -3.58. The molecule has 1 fully saturated rings. The van der Waals surface area contributed by atoms with E-state index in [1.54, 1.807) is 0 Å². The fourth-order valence-corrected chi connectivity index (χ4v) is 5.30. The molecule has 36 heavy (non-hydrogen) atoms. The first-order valence-corrected chi connectivity index (χ1v) is 12.5. The number of anilines is 2. The molecule has 2 N–H and O–H groups in total. The van der Waals surface area contributed by atoms with Crippen LogP contribution in [0, 0.1) is 20.8 Å². The van der Waals surface area contributed by atoms with Crippen molar-refractivity contribution in [1.82, 2.24) is 4.98 Å². The number of ether oxygens (including phenoxy) is 2. The second kappa shape index (κ2) is 10.2. The molecule has 7 heteroatoms. The van der Waals surface area contributed by atoms with Crippen molar-refractivity contribution < 1.29 is 19.4 Å². The molecule has 2 aliphatic rings. The average molecular weight is 488 g/mol. The Balaban J connectivity index is 1.34. The van der Waals surface area contributed by atoms with Gasteiger partial charge < -0.3 is 24.8 Å². The van der Waals surface area contributed by atoms with Crippen molar-refractivity contribution in [2.45, 2.75) is 39.7 Å². The third-order valence-corrected chi connectivity index (χ3v) is 7.23. The van der Waals surface area contributed by atoms with Crippen molar-refractivity contribution in [2.24, 2.45) is 0 Å². The lowest BCUT2D eigenvalue weighted by atomic mass is 9.92. The third-order valence-electron chi connectivity index (χ3n) is 7.23. The normalized spacial score (nSPS) is 17.0. The Bertz CT molecular complexity index is 1280. The average Bonchev–Trinajstić information content (AvgIpc) is 3.25. The zero-order valence-corrected chi connectivity index (χ0v) is 21.1. The molecule has 1 aromatic heterocycles. The summed E-state index contributed by atoms with van der Waals surface area (Å²) in [4.78, 5) is 18.3. The number of benzene rings is 2. The number of hydrogen-bond acceptors (Lipinski definition) is 6. The van der Waals surface area contributed by atoms with Crippen molar-refractivity contribution in [2.75, 3.05) is 43.1 Å². The quantitative estimate of drug-likeness (QED) is 0.481. The molecule has 0 amide bonds. The van der Waals surface area contributed by atoms with E-state index in [0.717, 1.165) is 54.7 Å². The third kappa shape index (κ3) is 4.88. The number of fused-ring (bicyclic) bond motifs is 1. The molecular formula is C29H33N3O4. The van der Waals surface area contributed by atoms with Gasteiger partial charge in [-0.05, 0) is 60.7 Å². The number of carboxylic acid groups (broad SMARTS) is 1.